The van der Waals surface area contributed by atoms with Crippen LogP contribution in [0.4, 0.5) is 0 Å². The molecule has 4 aromatic carbocycles. The highest BCUT2D eigenvalue weighted by Crippen LogP contribution is 2.50. The van der Waals surface area contributed by atoms with Gasteiger partial charge in [0.05, 0.1) is 54.9 Å². The van der Waals surface area contributed by atoms with Gasteiger partial charge in [-0.05, 0) is 128 Å². The Labute approximate surface area is 560 Å². The molecule has 7 aliphatic rings. The smallest absolute Gasteiger partial charge is 0.261 e. The number of fused-ring (bicyclic) bond motifs is 7. The Morgan fingerprint density at radius 3 is 1.61 bits per heavy atom. The number of benzene rings is 4. The molecule has 11 nitrogen and oxygen atoms in total. The summed E-state index contributed by atoms with van der Waals surface area (Å²) in [4.78, 5) is 30.4. The quantitative estimate of drug-likeness (QED) is 0.0941. The highest BCUT2D eigenvalue weighted by Gasteiger charge is 2.65. The minimum atomic E-state index is -3.38. The van der Waals surface area contributed by atoms with Crippen LogP contribution >= 0.6 is 0 Å². The standard InChI is InChI=1S/C79H110O11Si3/c1-51(50-82-91(15,16)77(6,7)8)43-68-55(5)65-47-57(81)46-60-40-42-67-72(85-60)76(90-93(79(12,13)14,63-33-25-19-26-34-63)64-35-27-20-28-36-64)75-74(87-67)73(89-92(78(9,10)11,61-29-21-17-22-30-61)62-31-23-18-24-32-62)71(88-75)48-56(80)37-38-58-45-53(3)66(83-58)41-39-59-44-52(2)54(4)69(84-59)49-70(65)86-68/h17-38,51-52,55,58-60,65-76H,3-4,39-50H2,1-2,5-16H3/b38-37+/t51-,52+,55+,58-,59-,60+,65?,66?,67-,68?,69?,70-,71+,72-,73-,74-,75+,76-/m0/s1. The first-order valence-corrected chi connectivity index (χ1v) is 42.0. The van der Waals surface area contributed by atoms with E-state index in [1.165, 1.54) is 0 Å². The Hall–Kier alpha value is -4.27. The van der Waals surface area contributed by atoms with Crippen molar-refractivity contribution in [1.82, 2.24) is 0 Å². The predicted molar refractivity (Wildman–Crippen MR) is 379 cm³/mol. The van der Waals surface area contributed by atoms with Crippen molar-refractivity contribution in [2.75, 3.05) is 6.61 Å². The lowest BCUT2D eigenvalue weighted by atomic mass is 9.78. The lowest BCUT2D eigenvalue weighted by Crippen LogP contribution is -2.73. The van der Waals surface area contributed by atoms with Gasteiger partial charge < -0.3 is 41.7 Å². The first-order valence-electron chi connectivity index (χ1n) is 35.3. The van der Waals surface area contributed by atoms with Crippen molar-refractivity contribution in [3.63, 3.8) is 0 Å². The molecule has 4 unspecified atom stereocenters. The summed E-state index contributed by atoms with van der Waals surface area (Å²) in [6.07, 6.45) is 3.95. The number of hydrogen-bond donors (Lipinski definition) is 0. The first kappa shape index (κ1) is 70.1. The fourth-order valence-electron chi connectivity index (χ4n) is 16.6. The zero-order valence-electron chi connectivity index (χ0n) is 58.5. The van der Waals surface area contributed by atoms with Crippen molar-refractivity contribution in [1.29, 1.82) is 0 Å². The highest BCUT2D eigenvalue weighted by atomic mass is 28.4. The van der Waals surface area contributed by atoms with Gasteiger partial charge in [-0.3, -0.25) is 9.59 Å². The van der Waals surface area contributed by atoms with Crippen LogP contribution in [0.1, 0.15) is 154 Å². The van der Waals surface area contributed by atoms with Gasteiger partial charge >= 0.3 is 0 Å². The SMILES string of the molecule is C=C1C[C@@H]2/C=C/C(=O)C[C@H]3O[C@H]4[C@@H](O[Si](c5ccccc5)(c5ccccc5)C(C)(C)C)[C@H]5O[C@H](CC[C@@H]5O[C@H]4[C@H]3O[Si](c3ccccc3)(c3ccccc3)C(C)(C)C)CC(=O)CC3[C@@H](C)C(C[C@H](C)CO[Si](C)(C)C(C)(C)C)O[C@H]3CC3O[C@@H](CCC1O2)C[C@@H](C)C3=C. The number of allylic oxidation sites excluding steroid dienone is 1. The number of ether oxygens (including phenoxy) is 6. The van der Waals surface area contributed by atoms with Crippen molar-refractivity contribution < 1.29 is 51.3 Å². The number of hydrogen-bond acceptors (Lipinski definition) is 11. The maximum Gasteiger partial charge on any atom is 0.261 e. The Morgan fingerprint density at radius 1 is 0.538 bits per heavy atom. The van der Waals surface area contributed by atoms with Crippen LogP contribution in [0.3, 0.4) is 0 Å². The molecular weight excluding hydrogens is 1210 g/mol. The average molecular weight is 1320 g/mol. The van der Waals surface area contributed by atoms with Crippen molar-refractivity contribution in [2.45, 2.75) is 267 Å². The number of carbonyl (C=O) groups is 2. The van der Waals surface area contributed by atoms with Crippen molar-refractivity contribution in [2.24, 2.45) is 23.7 Å². The largest absolute Gasteiger partial charge is 0.417 e. The lowest BCUT2D eigenvalue weighted by molar-refractivity contribution is -0.254. The highest BCUT2D eigenvalue weighted by molar-refractivity contribution is 7.00. The first-order chi connectivity index (χ1) is 44.1. The molecule has 0 N–H and O–H groups in total. The van der Waals surface area contributed by atoms with Crippen LogP contribution in [0.15, 0.2) is 158 Å². The summed E-state index contributed by atoms with van der Waals surface area (Å²) in [5.74, 6) is 0.647. The fourth-order valence-corrected chi connectivity index (χ4v) is 27.1. The van der Waals surface area contributed by atoms with Crippen LogP contribution in [0.25, 0.3) is 0 Å². The number of rotatable bonds is 13. The van der Waals surface area contributed by atoms with Gasteiger partial charge in [-0.2, -0.15) is 0 Å². The summed E-state index contributed by atoms with van der Waals surface area (Å²) in [5, 5.41) is 3.77. The second-order valence-electron chi connectivity index (χ2n) is 32.5. The Kier molecular flexibility index (Phi) is 21.3. The third-order valence-electron chi connectivity index (χ3n) is 22.8. The molecule has 18 atom stereocenters. The third-order valence-corrected chi connectivity index (χ3v) is 37.4. The van der Waals surface area contributed by atoms with Gasteiger partial charge in [0.1, 0.15) is 36.3 Å². The van der Waals surface area contributed by atoms with Crippen molar-refractivity contribution in [3.05, 3.63) is 158 Å². The molecule has 93 heavy (non-hydrogen) atoms. The van der Waals surface area contributed by atoms with Gasteiger partial charge in [-0.15, -0.1) is 0 Å². The molecule has 0 radical (unpaired) electrons. The number of ketones is 2. The monoisotopic (exact) mass is 1320 g/mol. The van der Waals surface area contributed by atoms with Gasteiger partial charge in [0.25, 0.3) is 16.6 Å². The molecule has 0 aliphatic carbocycles. The molecule has 6 fully saturated rings. The molecule has 6 saturated heterocycles. The van der Waals surface area contributed by atoms with E-state index in [1.54, 1.807) is 6.08 Å². The molecule has 0 amide bonds. The zero-order valence-corrected chi connectivity index (χ0v) is 61.5. The Bertz CT molecular complexity index is 3150. The second kappa shape index (κ2) is 28.3. The maximum atomic E-state index is 15.4. The molecule has 14 heteroatoms. The molecule has 7 heterocycles. The lowest BCUT2D eigenvalue weighted by Gasteiger charge is -2.53. The van der Waals surface area contributed by atoms with Gasteiger partial charge in [0.15, 0.2) is 14.1 Å². The van der Waals surface area contributed by atoms with Gasteiger partial charge in [-0.25, -0.2) is 0 Å². The third kappa shape index (κ3) is 14.7. The molecule has 11 rings (SSSR count). The minimum absolute atomic E-state index is 0.00923. The van der Waals surface area contributed by atoms with Crippen LogP contribution in [0.2, 0.25) is 28.2 Å². The summed E-state index contributed by atoms with van der Waals surface area (Å²) in [5.41, 5.74) is 2.12. The van der Waals surface area contributed by atoms with E-state index in [-0.39, 0.29) is 89.7 Å². The number of carbonyl (C=O) groups excluding carboxylic acids is 2. The summed E-state index contributed by atoms with van der Waals surface area (Å²) >= 11 is 0. The minimum Gasteiger partial charge on any atom is -0.417 e. The average Bonchev–Trinajstić information content (AvgIpc) is 1.71. The topological polar surface area (TPSA) is 117 Å². The van der Waals surface area contributed by atoms with E-state index in [0.29, 0.717) is 38.7 Å². The van der Waals surface area contributed by atoms with Crippen molar-refractivity contribution >= 4 is 57.3 Å². The molecule has 0 saturated carbocycles. The molecule has 504 valence electrons. The fraction of sp³-hybridized carbons (Fsp3) is 0.595. The summed E-state index contributed by atoms with van der Waals surface area (Å²) < 4.78 is 67.6. The van der Waals surface area contributed by atoms with Gasteiger partial charge in [0, 0.05) is 38.7 Å². The van der Waals surface area contributed by atoms with Crippen LogP contribution in [-0.4, -0.2) is 129 Å². The van der Waals surface area contributed by atoms with E-state index in [9.17, 15) is 0 Å². The van der Waals surface area contributed by atoms with E-state index >= 15 is 9.59 Å². The summed E-state index contributed by atoms with van der Waals surface area (Å²) in [7, 11) is -8.71. The van der Waals surface area contributed by atoms with Crippen LogP contribution in [0.5, 0.6) is 0 Å². The molecule has 0 spiro atoms. The van der Waals surface area contributed by atoms with E-state index in [0.717, 1.165) is 57.6 Å². The van der Waals surface area contributed by atoms with Crippen LogP contribution in [-0.2, 0) is 51.3 Å². The Balaban J connectivity index is 1.00. The van der Waals surface area contributed by atoms with Crippen LogP contribution < -0.4 is 20.7 Å². The summed E-state index contributed by atoms with van der Waals surface area (Å²) in [6.45, 7) is 42.0. The van der Waals surface area contributed by atoms with Crippen molar-refractivity contribution in [3.8, 4) is 0 Å². The molecule has 0 aromatic heterocycles. The van der Waals surface area contributed by atoms with E-state index in [1.807, 2.05) is 6.08 Å². The summed E-state index contributed by atoms with van der Waals surface area (Å²) in [6, 6.07) is 42.9. The van der Waals surface area contributed by atoms with E-state index in [2.05, 4.69) is 231 Å². The van der Waals surface area contributed by atoms with E-state index in [4.69, 9.17) is 41.7 Å². The molecule has 4 aromatic rings. The molecular formula is C79H110O11Si3. The van der Waals surface area contributed by atoms with Crippen LogP contribution in [0, 0.1) is 23.7 Å². The Morgan fingerprint density at radius 2 is 1.06 bits per heavy atom. The predicted octanol–water partition coefficient (Wildman–Crippen LogP) is 14.1. The zero-order chi connectivity index (χ0) is 66.4. The van der Waals surface area contributed by atoms with Gasteiger partial charge in [-0.1, -0.05) is 224 Å². The van der Waals surface area contributed by atoms with Gasteiger partial charge in [0.2, 0.25) is 0 Å². The maximum absolute atomic E-state index is 15.4. The number of Topliss-reactive ketones (excluding diaryl/α,β-unsaturated/α-hetero) is 1. The molecule has 8 bridgehead atoms. The van der Waals surface area contributed by atoms with E-state index < -0.39 is 83.9 Å². The molecule has 7 aliphatic heterocycles. The normalized spacial score (nSPS) is 33.5. The second-order valence-corrected chi connectivity index (χ2v) is 45.8.